The first-order valence-corrected chi connectivity index (χ1v) is 8.10. The normalized spacial score (nSPS) is 14.3. The van der Waals surface area contributed by atoms with Gasteiger partial charge >= 0.3 is 6.61 Å². The molecular weight excluding hydrogens is 358 g/mol. The molecule has 0 radical (unpaired) electrons. The Labute approximate surface area is 153 Å². The molecule has 0 saturated heterocycles. The van der Waals surface area contributed by atoms with Crippen LogP contribution < -0.4 is 10.1 Å². The number of fused-ring (bicyclic) bond motifs is 1. The zero-order chi connectivity index (χ0) is 19.7. The maximum atomic E-state index is 12.5. The van der Waals surface area contributed by atoms with Crippen LogP contribution in [0.2, 0.25) is 0 Å². The number of imide groups is 1. The molecule has 1 aliphatic rings. The van der Waals surface area contributed by atoms with Gasteiger partial charge in [-0.2, -0.15) is 8.78 Å². The minimum atomic E-state index is -2.90. The number of carbonyl (C=O) groups excluding carboxylic acids is 3. The Hall–Kier alpha value is -3.29. The standard InChI is InChI=1S/C19H16F2N2O4/c1-10(11-3-6-13(7-4-11)27-19(20)21)22-16(24)12-5-8-14-15(9-12)18(26)23(2)17(14)25/h3-10,19H,1-2H3,(H,22,24)/t10-/m0/s1. The number of rotatable bonds is 5. The van der Waals surface area contributed by atoms with Gasteiger partial charge in [-0.25, -0.2) is 0 Å². The summed E-state index contributed by atoms with van der Waals surface area (Å²) in [5, 5.41) is 2.76. The van der Waals surface area contributed by atoms with E-state index in [4.69, 9.17) is 0 Å². The van der Waals surface area contributed by atoms with Crippen molar-refractivity contribution in [2.45, 2.75) is 19.6 Å². The van der Waals surface area contributed by atoms with E-state index >= 15 is 0 Å². The summed E-state index contributed by atoms with van der Waals surface area (Å²) in [6.45, 7) is -1.17. The van der Waals surface area contributed by atoms with Gasteiger partial charge in [0, 0.05) is 12.6 Å². The summed E-state index contributed by atoms with van der Waals surface area (Å²) in [4.78, 5) is 37.4. The highest BCUT2D eigenvalue weighted by molar-refractivity contribution is 6.21. The summed E-state index contributed by atoms with van der Waals surface area (Å²) < 4.78 is 28.7. The van der Waals surface area contributed by atoms with Gasteiger partial charge in [-0.1, -0.05) is 12.1 Å². The summed E-state index contributed by atoms with van der Waals surface area (Å²) in [6.07, 6.45) is 0. The molecular formula is C19H16F2N2O4. The Bertz CT molecular complexity index is 912. The van der Waals surface area contributed by atoms with Gasteiger partial charge in [0.05, 0.1) is 17.2 Å². The number of hydrogen-bond acceptors (Lipinski definition) is 4. The zero-order valence-corrected chi connectivity index (χ0v) is 14.5. The number of benzene rings is 2. The topological polar surface area (TPSA) is 75.7 Å². The number of amides is 3. The number of alkyl halides is 2. The summed E-state index contributed by atoms with van der Waals surface area (Å²) >= 11 is 0. The predicted molar refractivity (Wildman–Crippen MR) is 91.8 cm³/mol. The molecule has 2 aromatic carbocycles. The largest absolute Gasteiger partial charge is 0.435 e. The summed E-state index contributed by atoms with van der Waals surface area (Å²) in [7, 11) is 1.38. The van der Waals surface area contributed by atoms with E-state index < -0.39 is 30.4 Å². The zero-order valence-electron chi connectivity index (χ0n) is 14.5. The molecule has 0 fully saturated rings. The fourth-order valence-electron chi connectivity index (χ4n) is 2.80. The van der Waals surface area contributed by atoms with Crippen molar-refractivity contribution in [2.75, 3.05) is 7.05 Å². The second-order valence-corrected chi connectivity index (χ2v) is 6.07. The van der Waals surface area contributed by atoms with E-state index in [0.29, 0.717) is 5.56 Å². The molecule has 0 aromatic heterocycles. The first-order valence-electron chi connectivity index (χ1n) is 8.10. The molecule has 3 rings (SSSR count). The van der Waals surface area contributed by atoms with Gasteiger partial charge in [0.15, 0.2) is 0 Å². The Morgan fingerprint density at radius 3 is 2.30 bits per heavy atom. The number of nitrogens with zero attached hydrogens (tertiary/aromatic N) is 1. The van der Waals surface area contributed by atoms with Crippen molar-refractivity contribution in [2.24, 2.45) is 0 Å². The third-order valence-corrected chi connectivity index (χ3v) is 4.30. The quantitative estimate of drug-likeness (QED) is 0.817. The molecule has 0 bridgehead atoms. The van der Waals surface area contributed by atoms with E-state index in [0.717, 1.165) is 4.90 Å². The maximum absolute atomic E-state index is 12.5. The molecule has 1 N–H and O–H groups in total. The highest BCUT2D eigenvalue weighted by atomic mass is 19.3. The molecule has 27 heavy (non-hydrogen) atoms. The third-order valence-electron chi connectivity index (χ3n) is 4.30. The number of carbonyl (C=O) groups is 3. The van der Waals surface area contributed by atoms with Gasteiger partial charge in [0.1, 0.15) is 5.75 Å². The Morgan fingerprint density at radius 2 is 1.67 bits per heavy atom. The van der Waals surface area contributed by atoms with Crippen molar-refractivity contribution in [3.8, 4) is 5.75 Å². The molecule has 8 heteroatoms. The Kier molecular flexibility index (Phi) is 4.89. The molecule has 3 amide bonds. The van der Waals surface area contributed by atoms with Crippen LogP contribution in [-0.2, 0) is 0 Å². The average molecular weight is 374 g/mol. The molecule has 0 spiro atoms. The number of hydrogen-bond donors (Lipinski definition) is 1. The van der Waals surface area contributed by atoms with Crippen LogP contribution in [0, 0.1) is 0 Å². The summed E-state index contributed by atoms with van der Waals surface area (Å²) in [6, 6.07) is 9.83. The highest BCUT2D eigenvalue weighted by Crippen LogP contribution is 2.24. The number of halogens is 2. The van der Waals surface area contributed by atoms with Gasteiger partial charge < -0.3 is 10.1 Å². The van der Waals surface area contributed by atoms with Crippen LogP contribution in [0.5, 0.6) is 5.75 Å². The first kappa shape index (κ1) is 18.5. The van der Waals surface area contributed by atoms with Crippen LogP contribution in [0.1, 0.15) is 49.6 Å². The Morgan fingerprint density at radius 1 is 1.04 bits per heavy atom. The molecule has 6 nitrogen and oxygen atoms in total. The lowest BCUT2D eigenvalue weighted by Crippen LogP contribution is -2.27. The van der Waals surface area contributed by atoms with Crippen molar-refractivity contribution < 1.29 is 27.9 Å². The predicted octanol–water partition coefficient (Wildman–Crippen LogP) is 3.00. The first-order chi connectivity index (χ1) is 12.8. The van der Waals surface area contributed by atoms with E-state index in [2.05, 4.69) is 10.1 Å². The Balaban J connectivity index is 1.72. The highest BCUT2D eigenvalue weighted by Gasteiger charge is 2.33. The molecule has 1 aliphatic heterocycles. The van der Waals surface area contributed by atoms with Crippen molar-refractivity contribution in [1.82, 2.24) is 10.2 Å². The molecule has 1 atom stereocenters. The fourth-order valence-corrected chi connectivity index (χ4v) is 2.80. The average Bonchev–Trinajstić information content (AvgIpc) is 2.85. The van der Waals surface area contributed by atoms with Crippen LogP contribution in [0.4, 0.5) is 8.78 Å². The van der Waals surface area contributed by atoms with E-state index in [9.17, 15) is 23.2 Å². The van der Waals surface area contributed by atoms with Gasteiger partial charge in [-0.3, -0.25) is 19.3 Å². The van der Waals surface area contributed by atoms with Crippen molar-refractivity contribution in [1.29, 1.82) is 0 Å². The number of nitrogens with one attached hydrogen (secondary N) is 1. The van der Waals surface area contributed by atoms with Crippen LogP contribution >= 0.6 is 0 Å². The second kappa shape index (κ2) is 7.14. The summed E-state index contributed by atoms with van der Waals surface area (Å²) in [5.74, 6) is -1.25. The van der Waals surface area contributed by atoms with E-state index in [1.807, 2.05) is 0 Å². The molecule has 2 aromatic rings. The molecule has 140 valence electrons. The van der Waals surface area contributed by atoms with Crippen LogP contribution in [0.25, 0.3) is 0 Å². The lowest BCUT2D eigenvalue weighted by Gasteiger charge is -2.15. The second-order valence-electron chi connectivity index (χ2n) is 6.07. The monoisotopic (exact) mass is 374 g/mol. The maximum Gasteiger partial charge on any atom is 0.387 e. The molecule has 1 heterocycles. The number of ether oxygens (including phenoxy) is 1. The van der Waals surface area contributed by atoms with E-state index in [1.54, 1.807) is 19.1 Å². The third kappa shape index (κ3) is 3.64. The van der Waals surface area contributed by atoms with Gasteiger partial charge in [-0.05, 0) is 42.8 Å². The minimum absolute atomic E-state index is 0.0261. The SMILES string of the molecule is C[C@H](NC(=O)c1ccc2c(c1)C(=O)N(C)C2=O)c1ccc(OC(F)F)cc1. The molecule has 0 aliphatic carbocycles. The van der Waals surface area contributed by atoms with Crippen LogP contribution in [-0.4, -0.2) is 36.3 Å². The lowest BCUT2D eigenvalue weighted by atomic mass is 10.0. The van der Waals surface area contributed by atoms with E-state index in [-0.39, 0.29) is 22.4 Å². The van der Waals surface area contributed by atoms with Crippen LogP contribution in [0.3, 0.4) is 0 Å². The molecule has 0 saturated carbocycles. The van der Waals surface area contributed by atoms with Gasteiger partial charge in [0.2, 0.25) is 0 Å². The van der Waals surface area contributed by atoms with Gasteiger partial charge in [0.25, 0.3) is 17.7 Å². The molecule has 0 unspecified atom stereocenters. The van der Waals surface area contributed by atoms with Gasteiger partial charge in [-0.15, -0.1) is 0 Å². The van der Waals surface area contributed by atoms with Crippen molar-refractivity contribution in [3.05, 3.63) is 64.7 Å². The van der Waals surface area contributed by atoms with Crippen molar-refractivity contribution in [3.63, 3.8) is 0 Å². The minimum Gasteiger partial charge on any atom is -0.435 e. The smallest absolute Gasteiger partial charge is 0.387 e. The fraction of sp³-hybridized carbons (Fsp3) is 0.211. The van der Waals surface area contributed by atoms with Crippen molar-refractivity contribution >= 4 is 17.7 Å². The summed E-state index contributed by atoms with van der Waals surface area (Å²) in [5.41, 5.74) is 1.39. The van der Waals surface area contributed by atoms with Crippen LogP contribution in [0.15, 0.2) is 42.5 Å². The van der Waals surface area contributed by atoms with E-state index in [1.165, 1.54) is 37.4 Å². The lowest BCUT2D eigenvalue weighted by molar-refractivity contribution is -0.0498.